The monoisotopic (exact) mass is 443 g/mol. The molecule has 3 rings (SSSR count). The van der Waals surface area contributed by atoms with Gasteiger partial charge in [0.25, 0.3) is 0 Å². The zero-order chi connectivity index (χ0) is 21.2. The number of rotatable bonds is 6. The molecular weight excluding hydrogens is 418 g/mol. The van der Waals surface area contributed by atoms with Crippen LogP contribution >= 0.6 is 11.6 Å². The summed E-state index contributed by atoms with van der Waals surface area (Å²) in [6.45, 7) is 8.72. The average molecular weight is 444 g/mol. The molecule has 0 heterocycles. The van der Waals surface area contributed by atoms with E-state index in [1.165, 1.54) is 5.19 Å². The third kappa shape index (κ3) is 5.17. The van der Waals surface area contributed by atoms with Crippen molar-refractivity contribution in [3.63, 3.8) is 0 Å². The number of aryl methyl sites for hydroxylation is 1. The molecule has 6 heteroatoms. The summed E-state index contributed by atoms with van der Waals surface area (Å²) in [5, 5.41) is 1.85. The van der Waals surface area contributed by atoms with E-state index in [4.69, 9.17) is 11.6 Å². The predicted molar refractivity (Wildman–Crippen MR) is 124 cm³/mol. The van der Waals surface area contributed by atoms with Gasteiger partial charge in [-0.15, -0.1) is 0 Å². The number of benzene rings is 3. The Morgan fingerprint density at radius 3 is 2.03 bits per heavy atom. The molecule has 0 aromatic heterocycles. The number of hydrogen-bond donors (Lipinski definition) is 1. The molecule has 0 amide bonds. The van der Waals surface area contributed by atoms with Gasteiger partial charge in [0.05, 0.1) is 19.0 Å². The fourth-order valence-electron chi connectivity index (χ4n) is 3.34. The van der Waals surface area contributed by atoms with Crippen LogP contribution in [-0.2, 0) is 10.0 Å². The molecule has 0 saturated heterocycles. The van der Waals surface area contributed by atoms with E-state index in [-0.39, 0.29) is 4.90 Å². The zero-order valence-electron chi connectivity index (χ0n) is 17.1. The quantitative estimate of drug-likeness (QED) is 0.528. The number of sulfonamides is 1. The Labute approximate surface area is 179 Å². The predicted octanol–water partition coefficient (Wildman–Crippen LogP) is 5.26. The minimum atomic E-state index is -3.71. The van der Waals surface area contributed by atoms with E-state index in [2.05, 4.69) is 30.4 Å². The second kappa shape index (κ2) is 8.44. The minimum absolute atomic E-state index is 0.257. The lowest BCUT2D eigenvalue weighted by molar-refractivity contribution is 0.572. The highest BCUT2D eigenvalue weighted by molar-refractivity contribution is 7.89. The fraction of sp³-hybridized carbons (Fsp3) is 0.217. The Bertz CT molecular complexity index is 1090. The molecule has 0 bridgehead atoms. The Kier molecular flexibility index (Phi) is 6.34. The maximum atomic E-state index is 13.2. The van der Waals surface area contributed by atoms with Crippen LogP contribution in [0.5, 0.6) is 0 Å². The molecule has 0 aliphatic carbocycles. The molecule has 3 nitrogen and oxygen atoms in total. The minimum Gasteiger partial charge on any atom is -0.207 e. The van der Waals surface area contributed by atoms with Crippen molar-refractivity contribution in [1.29, 1.82) is 0 Å². The van der Waals surface area contributed by atoms with Crippen LogP contribution in [0.1, 0.15) is 22.7 Å². The molecule has 0 radical (unpaired) electrons. The van der Waals surface area contributed by atoms with Crippen LogP contribution in [0.15, 0.2) is 77.7 Å². The van der Waals surface area contributed by atoms with Crippen LogP contribution in [0.2, 0.25) is 24.7 Å². The summed E-state index contributed by atoms with van der Waals surface area (Å²) in [4.78, 5) is 0.257. The van der Waals surface area contributed by atoms with Crippen molar-refractivity contribution in [2.24, 2.45) is 0 Å². The first-order valence-electron chi connectivity index (χ1n) is 9.52. The second-order valence-corrected chi connectivity index (χ2v) is 15.4. The van der Waals surface area contributed by atoms with Crippen LogP contribution in [0, 0.1) is 6.92 Å². The highest BCUT2D eigenvalue weighted by Crippen LogP contribution is 2.26. The molecule has 3 aromatic carbocycles. The van der Waals surface area contributed by atoms with Gasteiger partial charge >= 0.3 is 0 Å². The second-order valence-electron chi connectivity index (χ2n) is 8.26. The molecule has 1 atom stereocenters. The van der Waals surface area contributed by atoms with Crippen LogP contribution in [0.4, 0.5) is 0 Å². The van der Waals surface area contributed by atoms with E-state index in [0.29, 0.717) is 5.02 Å². The summed E-state index contributed by atoms with van der Waals surface area (Å²) < 4.78 is 29.4. The largest absolute Gasteiger partial charge is 0.241 e. The molecule has 0 aliphatic rings. The lowest BCUT2D eigenvalue weighted by Gasteiger charge is -2.27. The number of halogens is 1. The highest BCUT2D eigenvalue weighted by atomic mass is 35.5. The normalized spacial score (nSPS) is 13.3. The van der Waals surface area contributed by atoms with Crippen LogP contribution in [-0.4, -0.2) is 16.5 Å². The molecular formula is C23H26ClNO2SSi. The van der Waals surface area contributed by atoms with E-state index in [1.54, 1.807) is 24.3 Å². The van der Waals surface area contributed by atoms with Crippen molar-refractivity contribution in [1.82, 2.24) is 4.72 Å². The first kappa shape index (κ1) is 21.8. The molecule has 0 saturated carbocycles. The molecule has 0 spiro atoms. The summed E-state index contributed by atoms with van der Waals surface area (Å²) >= 11 is 6.08. The Hall–Kier alpha value is -1.92. The fourth-order valence-corrected chi connectivity index (χ4v) is 6.36. The molecule has 3 aromatic rings. The summed E-state index contributed by atoms with van der Waals surface area (Å²) in [5.74, 6) is 0. The lowest BCUT2D eigenvalue weighted by atomic mass is 9.99. The van der Waals surface area contributed by atoms with Gasteiger partial charge in [-0.2, -0.15) is 4.72 Å². The van der Waals surface area contributed by atoms with Gasteiger partial charge in [-0.3, -0.25) is 0 Å². The summed E-state index contributed by atoms with van der Waals surface area (Å²) in [5.41, 5.74) is 2.86. The van der Waals surface area contributed by atoms with Gasteiger partial charge in [-0.05, 0) is 42.3 Å². The van der Waals surface area contributed by atoms with E-state index in [0.717, 1.165) is 16.7 Å². The zero-order valence-corrected chi connectivity index (χ0v) is 19.7. The molecule has 29 heavy (non-hydrogen) atoms. The van der Waals surface area contributed by atoms with Crippen LogP contribution in [0.25, 0.3) is 0 Å². The van der Waals surface area contributed by atoms with Gasteiger partial charge in [-0.1, -0.05) is 90.5 Å². The maximum absolute atomic E-state index is 13.2. The average Bonchev–Trinajstić information content (AvgIpc) is 2.67. The van der Waals surface area contributed by atoms with Gasteiger partial charge in [0.1, 0.15) is 0 Å². The van der Waals surface area contributed by atoms with Crippen molar-refractivity contribution < 1.29 is 8.42 Å². The van der Waals surface area contributed by atoms with Crippen molar-refractivity contribution in [3.8, 4) is 0 Å². The summed E-state index contributed by atoms with van der Waals surface area (Å²) in [6.07, 6.45) is 0. The Morgan fingerprint density at radius 2 is 1.45 bits per heavy atom. The Morgan fingerprint density at radius 1 is 0.862 bits per heavy atom. The van der Waals surface area contributed by atoms with Gasteiger partial charge in [0.15, 0.2) is 0 Å². The van der Waals surface area contributed by atoms with E-state index in [1.807, 2.05) is 49.4 Å². The lowest BCUT2D eigenvalue weighted by Crippen LogP contribution is -2.43. The van der Waals surface area contributed by atoms with Gasteiger partial charge < -0.3 is 0 Å². The summed E-state index contributed by atoms with van der Waals surface area (Å²) in [7, 11) is -5.42. The smallest absolute Gasteiger partial charge is 0.207 e. The van der Waals surface area contributed by atoms with Gasteiger partial charge in [-0.25, -0.2) is 8.42 Å². The SMILES string of the molecule is Cc1ccc(S(=O)(=O)N[C@@H](c2ccc(Cl)cc2)c2ccccc2[Si](C)(C)C)cc1. The van der Waals surface area contributed by atoms with Crippen molar-refractivity contribution >= 4 is 34.9 Å². The molecule has 1 N–H and O–H groups in total. The van der Waals surface area contributed by atoms with E-state index < -0.39 is 24.1 Å². The molecule has 0 unspecified atom stereocenters. The third-order valence-corrected chi connectivity index (χ3v) is 8.65. The standard InChI is InChI=1S/C23H26ClNO2SSi/c1-17-9-15-20(16-10-17)28(26,27)25-23(18-11-13-19(24)14-12-18)21-7-5-6-8-22(21)29(2,3)4/h5-16,23,25H,1-4H3/t23-/m0/s1. The van der Waals surface area contributed by atoms with E-state index >= 15 is 0 Å². The number of hydrogen-bond acceptors (Lipinski definition) is 2. The van der Waals surface area contributed by atoms with Crippen molar-refractivity contribution in [2.75, 3.05) is 0 Å². The molecule has 0 fully saturated rings. The topological polar surface area (TPSA) is 46.2 Å². The van der Waals surface area contributed by atoms with Gasteiger partial charge in [0, 0.05) is 5.02 Å². The molecule has 152 valence electrons. The van der Waals surface area contributed by atoms with Crippen molar-refractivity contribution in [3.05, 3.63) is 94.5 Å². The summed E-state index contributed by atoms with van der Waals surface area (Å²) in [6, 6.07) is 21.9. The van der Waals surface area contributed by atoms with Crippen LogP contribution in [0.3, 0.4) is 0 Å². The van der Waals surface area contributed by atoms with Gasteiger partial charge in [0.2, 0.25) is 10.0 Å². The van der Waals surface area contributed by atoms with Crippen LogP contribution < -0.4 is 9.91 Å². The first-order valence-corrected chi connectivity index (χ1v) is 14.9. The highest BCUT2D eigenvalue weighted by Gasteiger charge is 2.28. The Balaban J connectivity index is 2.13. The molecule has 0 aliphatic heterocycles. The van der Waals surface area contributed by atoms with E-state index in [9.17, 15) is 8.42 Å². The van der Waals surface area contributed by atoms with Crippen molar-refractivity contribution in [2.45, 2.75) is 37.5 Å². The first-order chi connectivity index (χ1) is 13.6. The number of nitrogens with one attached hydrogen (secondary N) is 1. The maximum Gasteiger partial charge on any atom is 0.241 e. The third-order valence-electron chi connectivity index (χ3n) is 4.89.